The molecule has 144 valence electrons. The van der Waals surface area contributed by atoms with Crippen LogP contribution in [0.3, 0.4) is 0 Å². The largest absolute Gasteiger partial charge is 0.346 e. The van der Waals surface area contributed by atoms with Gasteiger partial charge in [-0.3, -0.25) is 9.69 Å². The van der Waals surface area contributed by atoms with E-state index in [9.17, 15) is 4.79 Å². The molecule has 1 heterocycles. The molecule has 1 aliphatic carbocycles. The van der Waals surface area contributed by atoms with Gasteiger partial charge in [0.1, 0.15) is 5.01 Å². The molecular formula is C22H24N4OS. The summed E-state index contributed by atoms with van der Waals surface area (Å²) in [6.07, 6.45) is 2.24. The number of fused-ring (bicyclic) bond motifs is 1. The number of nitrogens with one attached hydrogen (secondary N) is 1. The number of aromatic nitrogens is 2. The van der Waals surface area contributed by atoms with Gasteiger partial charge in [0.2, 0.25) is 5.01 Å². The van der Waals surface area contributed by atoms with Crippen LogP contribution >= 0.6 is 11.3 Å². The molecule has 0 saturated carbocycles. The second kappa shape index (κ2) is 8.20. The van der Waals surface area contributed by atoms with E-state index < -0.39 is 0 Å². The van der Waals surface area contributed by atoms with Gasteiger partial charge >= 0.3 is 0 Å². The molecule has 1 aromatic heterocycles. The Kier molecular flexibility index (Phi) is 5.50. The third kappa shape index (κ3) is 4.13. The summed E-state index contributed by atoms with van der Waals surface area (Å²) < 4.78 is 0. The Bertz CT molecular complexity index is 967. The summed E-state index contributed by atoms with van der Waals surface area (Å²) in [5.41, 5.74) is 5.12. The van der Waals surface area contributed by atoms with Crippen LogP contribution in [0.2, 0.25) is 0 Å². The molecule has 0 radical (unpaired) electrons. The van der Waals surface area contributed by atoms with Gasteiger partial charge in [-0.05, 0) is 43.5 Å². The van der Waals surface area contributed by atoms with Gasteiger partial charge in [0, 0.05) is 12.6 Å². The summed E-state index contributed by atoms with van der Waals surface area (Å²) in [4.78, 5) is 14.7. The van der Waals surface area contributed by atoms with E-state index >= 15 is 0 Å². The van der Waals surface area contributed by atoms with Gasteiger partial charge in [-0.25, -0.2) is 0 Å². The minimum absolute atomic E-state index is 0.168. The van der Waals surface area contributed by atoms with Crippen molar-refractivity contribution in [1.82, 2.24) is 20.4 Å². The molecule has 28 heavy (non-hydrogen) atoms. The van der Waals surface area contributed by atoms with Crippen molar-refractivity contribution >= 4 is 17.2 Å². The predicted molar refractivity (Wildman–Crippen MR) is 111 cm³/mol. The second-order valence-electron chi connectivity index (χ2n) is 7.34. The molecule has 1 N–H and O–H groups in total. The normalized spacial score (nSPS) is 15.6. The molecule has 1 aliphatic rings. The van der Waals surface area contributed by atoms with Crippen LogP contribution in [0, 0.1) is 6.92 Å². The van der Waals surface area contributed by atoms with E-state index in [2.05, 4.69) is 51.7 Å². The Morgan fingerprint density at radius 2 is 1.96 bits per heavy atom. The zero-order valence-corrected chi connectivity index (χ0v) is 17.0. The lowest BCUT2D eigenvalue weighted by Gasteiger charge is -2.23. The molecular weight excluding hydrogens is 368 g/mol. The van der Waals surface area contributed by atoms with Crippen molar-refractivity contribution in [2.24, 2.45) is 0 Å². The summed E-state index contributed by atoms with van der Waals surface area (Å²) in [6, 6.07) is 17.2. The first-order valence-electron chi connectivity index (χ1n) is 9.54. The number of hydrogen-bond acceptors (Lipinski definition) is 5. The van der Waals surface area contributed by atoms with Crippen LogP contribution in [0.5, 0.6) is 0 Å². The van der Waals surface area contributed by atoms with Gasteiger partial charge in [0.25, 0.3) is 5.91 Å². The van der Waals surface area contributed by atoms with Gasteiger partial charge in [-0.15, -0.1) is 10.2 Å². The van der Waals surface area contributed by atoms with Gasteiger partial charge in [0.05, 0.1) is 6.54 Å². The van der Waals surface area contributed by atoms with E-state index in [1.165, 1.54) is 28.0 Å². The number of hydrogen-bond donors (Lipinski definition) is 1. The number of aryl methyl sites for hydroxylation is 2. The number of nitrogens with zero attached hydrogens (tertiary/aromatic N) is 3. The van der Waals surface area contributed by atoms with Crippen molar-refractivity contribution in [3.8, 4) is 0 Å². The van der Waals surface area contributed by atoms with E-state index in [-0.39, 0.29) is 5.91 Å². The van der Waals surface area contributed by atoms with Crippen molar-refractivity contribution < 1.29 is 4.79 Å². The second-order valence-corrected chi connectivity index (χ2v) is 8.40. The minimum atomic E-state index is -0.168. The van der Waals surface area contributed by atoms with Crippen LogP contribution in [0.15, 0.2) is 48.5 Å². The molecule has 0 unspecified atom stereocenters. The first kappa shape index (κ1) is 18.8. The monoisotopic (exact) mass is 392 g/mol. The summed E-state index contributed by atoms with van der Waals surface area (Å²) in [7, 11) is 2.12. The molecule has 0 spiro atoms. The fourth-order valence-electron chi connectivity index (χ4n) is 3.69. The first-order chi connectivity index (χ1) is 13.6. The number of carbonyl (C=O) groups is 1. The molecule has 0 aliphatic heterocycles. The highest BCUT2D eigenvalue weighted by Gasteiger charge is 2.26. The number of benzene rings is 2. The summed E-state index contributed by atoms with van der Waals surface area (Å²) in [6.45, 7) is 3.24. The molecule has 0 saturated heterocycles. The zero-order valence-electron chi connectivity index (χ0n) is 16.2. The SMILES string of the molecule is Cc1ccc(CNC(=O)c2nnc(CN(C)[C@H]3CCc4ccccc43)s2)cc1. The fraction of sp³-hybridized carbons (Fsp3) is 0.318. The molecule has 6 heteroatoms. The van der Waals surface area contributed by atoms with Crippen LogP contribution < -0.4 is 5.32 Å². The van der Waals surface area contributed by atoms with Crippen LogP contribution in [-0.4, -0.2) is 28.1 Å². The maximum atomic E-state index is 12.4. The lowest BCUT2D eigenvalue weighted by Crippen LogP contribution is -2.22. The number of rotatable bonds is 6. The highest BCUT2D eigenvalue weighted by atomic mass is 32.1. The lowest BCUT2D eigenvalue weighted by molar-refractivity contribution is 0.0950. The van der Waals surface area contributed by atoms with Crippen LogP contribution in [0.25, 0.3) is 0 Å². The highest BCUT2D eigenvalue weighted by Crippen LogP contribution is 2.35. The Hall–Kier alpha value is -2.57. The van der Waals surface area contributed by atoms with Crippen LogP contribution in [0.1, 0.15) is 49.5 Å². The lowest BCUT2D eigenvalue weighted by atomic mass is 10.1. The van der Waals surface area contributed by atoms with Crippen molar-refractivity contribution in [3.05, 3.63) is 80.8 Å². The Labute approximate surface area is 169 Å². The number of amides is 1. The number of carbonyl (C=O) groups excluding carboxylic acids is 1. The van der Waals surface area contributed by atoms with Gasteiger partial charge in [-0.2, -0.15) is 0 Å². The Morgan fingerprint density at radius 1 is 1.18 bits per heavy atom. The fourth-order valence-corrected chi connectivity index (χ4v) is 4.51. The van der Waals surface area contributed by atoms with Crippen molar-refractivity contribution in [3.63, 3.8) is 0 Å². The molecule has 2 aromatic carbocycles. The van der Waals surface area contributed by atoms with E-state index in [0.717, 1.165) is 23.4 Å². The zero-order chi connectivity index (χ0) is 19.5. The third-order valence-electron chi connectivity index (χ3n) is 5.25. The van der Waals surface area contributed by atoms with E-state index in [4.69, 9.17) is 0 Å². The Balaban J connectivity index is 1.35. The van der Waals surface area contributed by atoms with Crippen molar-refractivity contribution in [1.29, 1.82) is 0 Å². The average molecular weight is 393 g/mol. The topological polar surface area (TPSA) is 58.1 Å². The summed E-state index contributed by atoms with van der Waals surface area (Å²) in [5.74, 6) is -0.168. The van der Waals surface area contributed by atoms with E-state index in [0.29, 0.717) is 24.1 Å². The highest BCUT2D eigenvalue weighted by molar-refractivity contribution is 7.13. The maximum absolute atomic E-state index is 12.4. The molecule has 3 aromatic rings. The Morgan fingerprint density at radius 3 is 2.79 bits per heavy atom. The van der Waals surface area contributed by atoms with Crippen molar-refractivity contribution in [2.75, 3.05) is 7.05 Å². The van der Waals surface area contributed by atoms with Gasteiger partial charge < -0.3 is 5.32 Å². The molecule has 1 amide bonds. The molecule has 5 nitrogen and oxygen atoms in total. The van der Waals surface area contributed by atoms with Crippen LogP contribution in [0.4, 0.5) is 0 Å². The van der Waals surface area contributed by atoms with E-state index in [1.807, 2.05) is 31.2 Å². The van der Waals surface area contributed by atoms with Gasteiger partial charge in [-0.1, -0.05) is 65.4 Å². The molecule has 1 atom stereocenters. The summed E-state index contributed by atoms with van der Waals surface area (Å²) >= 11 is 1.37. The molecule has 0 fully saturated rings. The van der Waals surface area contributed by atoms with E-state index in [1.54, 1.807) is 0 Å². The predicted octanol–water partition coefficient (Wildman–Crippen LogP) is 3.90. The quantitative estimate of drug-likeness (QED) is 0.691. The van der Waals surface area contributed by atoms with Crippen LogP contribution in [-0.2, 0) is 19.5 Å². The first-order valence-corrected chi connectivity index (χ1v) is 10.4. The molecule has 4 rings (SSSR count). The molecule has 0 bridgehead atoms. The maximum Gasteiger partial charge on any atom is 0.282 e. The smallest absolute Gasteiger partial charge is 0.282 e. The summed E-state index contributed by atoms with van der Waals surface area (Å²) in [5, 5.41) is 12.5. The standard InChI is InChI=1S/C22H24N4OS/c1-15-7-9-16(10-8-15)13-23-21(27)22-25-24-20(28-22)14-26(2)19-12-11-17-5-3-4-6-18(17)19/h3-10,19H,11-14H2,1-2H3,(H,23,27)/t19-/m0/s1. The minimum Gasteiger partial charge on any atom is -0.346 e. The average Bonchev–Trinajstić information content (AvgIpc) is 3.34. The van der Waals surface area contributed by atoms with Gasteiger partial charge in [0.15, 0.2) is 0 Å². The van der Waals surface area contributed by atoms with Crippen molar-refractivity contribution in [2.45, 2.75) is 38.9 Å². The third-order valence-corrected chi connectivity index (χ3v) is 6.16.